The van der Waals surface area contributed by atoms with E-state index in [0.29, 0.717) is 5.92 Å². The molecule has 0 spiro atoms. The van der Waals surface area contributed by atoms with Gasteiger partial charge in [-0.3, -0.25) is 4.68 Å². The van der Waals surface area contributed by atoms with E-state index in [1.807, 2.05) is 48.1 Å². The van der Waals surface area contributed by atoms with E-state index in [-0.39, 0.29) is 0 Å². The van der Waals surface area contributed by atoms with Crippen molar-refractivity contribution in [3.8, 4) is 0 Å². The first kappa shape index (κ1) is 138. The summed E-state index contributed by atoms with van der Waals surface area (Å²) in [6.45, 7) is 81.0. The lowest BCUT2D eigenvalue weighted by Gasteiger charge is -2.08. The molecule has 24 heteroatoms. The molecular formula is C123H238N24. The maximum Gasteiger partial charge on any atom is 0.0827 e. The number of aryl methyl sites for hydroxylation is 15. The Morgan fingerprint density at radius 2 is 0.354 bits per heavy atom. The van der Waals surface area contributed by atoms with E-state index in [2.05, 4.69) is 343 Å². The second kappa shape index (κ2) is 89.6. The minimum atomic E-state index is 0.636. The lowest BCUT2D eigenvalue weighted by Crippen LogP contribution is -2.09. The Bertz CT molecular complexity index is 3930. The molecule has 8 heterocycles. The molecule has 0 fully saturated rings. The fourth-order valence-electron chi connectivity index (χ4n) is 17.6. The lowest BCUT2D eigenvalue weighted by atomic mass is 10.0. The van der Waals surface area contributed by atoms with Crippen molar-refractivity contribution >= 4 is 0 Å². The molecule has 8 rings (SSSR count). The standard InChI is InChI=1S/3C17H33N3.C16H31N3.4C14H27N3/c1-15(2)10-7-5-6-8-12-17-14-18-19-20(17)13-9-11-16(3)4;2*1-15(2)10-8-6-5-7-9-11-17-14-18-19-20(17)13-12-16(3)4;1-14(2)9-6-5-7-12-19-13-16(17-18-19)11-8-10-15(3)4;2*1-12(2)7-5-9-14-11-15-16-17(14)10-6-8-13(3)4;1-12(2)7-5-6-10-17-14(11-15-16-17)9-8-13(3)4;1-12(2)8-6-5-7-9-14-10-15-16-17(14)11-13(3)4/h3*14-16H,5-13H2,1-4H3;13-15H,5-12H2,1-4H3;3*11-13H,5-10H2,1-4H3;10,12-13H,5-9,11H2,1-4H3. The minimum absolute atomic E-state index is 0.636. The Kier molecular flexibility index (Phi) is 84.2. The van der Waals surface area contributed by atoms with Crippen LogP contribution in [0.2, 0.25) is 0 Å². The fourth-order valence-corrected chi connectivity index (χ4v) is 17.6. The van der Waals surface area contributed by atoms with E-state index < -0.39 is 0 Å². The van der Waals surface area contributed by atoms with Crippen LogP contribution in [-0.2, 0) is 104 Å². The fraction of sp³-hybridized carbons (Fsp3) is 0.870. The van der Waals surface area contributed by atoms with Crippen LogP contribution >= 0.6 is 0 Å². The number of hydrogen-bond acceptors (Lipinski definition) is 16. The van der Waals surface area contributed by atoms with Crippen LogP contribution in [0.5, 0.6) is 0 Å². The Hall–Kier alpha value is -6.88. The zero-order chi connectivity index (χ0) is 109. The normalized spacial score (nSPS) is 11.7. The summed E-state index contributed by atoms with van der Waals surface area (Å²) in [7, 11) is 0. The predicted molar refractivity (Wildman–Crippen MR) is 626 cm³/mol. The highest BCUT2D eigenvalue weighted by Crippen LogP contribution is 2.23. The molecule has 0 radical (unpaired) electrons. The first-order valence-corrected chi connectivity index (χ1v) is 61.2. The molecule has 8 aromatic rings. The molecule has 0 saturated heterocycles. The molecular weight excluding hydrogens is 1810 g/mol. The molecule has 24 nitrogen and oxygen atoms in total. The molecule has 0 bridgehead atoms. The maximum absolute atomic E-state index is 4.25. The number of unbranched alkanes of at least 4 members (excludes halogenated alkanes) is 16. The van der Waals surface area contributed by atoms with Crippen molar-refractivity contribution in [2.24, 2.45) is 94.7 Å². The Labute approximate surface area is 905 Å². The number of hydrogen-bond donors (Lipinski definition) is 0. The van der Waals surface area contributed by atoms with Crippen LogP contribution in [0.1, 0.15) is 543 Å². The number of rotatable bonds is 75. The third kappa shape index (κ3) is 81.5. The molecule has 0 amide bonds. The van der Waals surface area contributed by atoms with Crippen molar-refractivity contribution < 1.29 is 0 Å². The molecule has 0 aliphatic heterocycles. The van der Waals surface area contributed by atoms with Crippen molar-refractivity contribution in [1.29, 1.82) is 0 Å². The van der Waals surface area contributed by atoms with E-state index >= 15 is 0 Å². The predicted octanol–water partition coefficient (Wildman–Crippen LogP) is 33.8. The summed E-state index contributed by atoms with van der Waals surface area (Å²) in [4.78, 5) is 0. The van der Waals surface area contributed by atoms with Gasteiger partial charge in [0.2, 0.25) is 0 Å². The van der Waals surface area contributed by atoms with Crippen LogP contribution in [0.25, 0.3) is 0 Å². The van der Waals surface area contributed by atoms with Gasteiger partial charge in [-0.1, -0.05) is 424 Å². The zero-order valence-corrected chi connectivity index (χ0v) is 102. The van der Waals surface area contributed by atoms with Crippen LogP contribution in [-0.4, -0.2) is 120 Å². The van der Waals surface area contributed by atoms with E-state index in [1.54, 1.807) is 0 Å². The molecule has 0 unspecified atom stereocenters. The van der Waals surface area contributed by atoms with Gasteiger partial charge in [-0.15, -0.1) is 40.8 Å². The van der Waals surface area contributed by atoms with Crippen molar-refractivity contribution in [2.75, 3.05) is 0 Å². The van der Waals surface area contributed by atoms with E-state index in [0.717, 1.165) is 198 Å². The maximum atomic E-state index is 4.25. The van der Waals surface area contributed by atoms with Gasteiger partial charge >= 0.3 is 0 Å². The molecule has 0 aromatic carbocycles. The summed E-state index contributed by atoms with van der Waals surface area (Å²) in [5.41, 5.74) is 10.3. The smallest absolute Gasteiger partial charge is 0.0827 e. The van der Waals surface area contributed by atoms with Gasteiger partial charge in [0.15, 0.2) is 0 Å². The van der Waals surface area contributed by atoms with Crippen LogP contribution in [0.4, 0.5) is 0 Å². The van der Waals surface area contributed by atoms with Crippen LogP contribution in [0, 0.1) is 94.7 Å². The molecule has 8 aromatic heterocycles. The van der Waals surface area contributed by atoms with Gasteiger partial charge in [-0.2, -0.15) is 0 Å². The quantitative estimate of drug-likeness (QED) is 0.0322. The third-order valence-corrected chi connectivity index (χ3v) is 27.1. The van der Waals surface area contributed by atoms with Gasteiger partial charge in [0, 0.05) is 58.6 Å². The van der Waals surface area contributed by atoms with Crippen LogP contribution in [0.3, 0.4) is 0 Å². The highest BCUT2D eigenvalue weighted by molar-refractivity contribution is 5.00. The minimum Gasteiger partial charge on any atom is -0.252 e. The second-order valence-corrected chi connectivity index (χ2v) is 50.1. The Morgan fingerprint density at radius 3 is 0.639 bits per heavy atom. The number of nitrogens with zero attached hydrogens (tertiary/aromatic N) is 24. The molecule has 0 atom stereocenters. The summed E-state index contributed by atoms with van der Waals surface area (Å²) < 4.78 is 16.6. The zero-order valence-electron chi connectivity index (χ0n) is 102. The Balaban J connectivity index is 0.000000841. The third-order valence-electron chi connectivity index (χ3n) is 27.1. The molecule has 147 heavy (non-hydrogen) atoms. The second-order valence-electron chi connectivity index (χ2n) is 50.1. The van der Waals surface area contributed by atoms with Crippen molar-refractivity contribution in [2.45, 2.75) is 601 Å². The molecule has 0 aliphatic carbocycles. The molecule has 0 N–H and O–H groups in total. The highest BCUT2D eigenvalue weighted by atomic mass is 15.5. The van der Waals surface area contributed by atoms with Crippen molar-refractivity contribution in [3.63, 3.8) is 0 Å². The first-order chi connectivity index (χ1) is 70.2. The average molecular weight is 2050 g/mol. The largest absolute Gasteiger partial charge is 0.252 e. The lowest BCUT2D eigenvalue weighted by molar-refractivity contribution is 0.453. The first-order valence-electron chi connectivity index (χ1n) is 61.2. The average Bonchev–Trinajstić information content (AvgIpc) is 1.77. The number of aromatic nitrogens is 24. The summed E-state index contributed by atoms with van der Waals surface area (Å²) in [5.74, 6) is 12.6. The monoisotopic (exact) mass is 2050 g/mol. The van der Waals surface area contributed by atoms with E-state index in [9.17, 15) is 0 Å². The molecule has 0 aliphatic rings. The summed E-state index contributed by atoms with van der Waals surface area (Å²) in [6, 6.07) is 0. The Morgan fingerprint density at radius 1 is 0.156 bits per heavy atom. The topological polar surface area (TPSA) is 246 Å². The van der Waals surface area contributed by atoms with Crippen LogP contribution in [0.15, 0.2) is 49.6 Å². The summed E-state index contributed by atoms with van der Waals surface area (Å²) >= 11 is 0. The van der Waals surface area contributed by atoms with Gasteiger partial charge in [0.05, 0.1) is 88.9 Å². The summed E-state index contributed by atoms with van der Waals surface area (Å²) in [6.07, 6.45) is 80.6. The van der Waals surface area contributed by atoms with Gasteiger partial charge in [0.1, 0.15) is 0 Å². The van der Waals surface area contributed by atoms with Gasteiger partial charge < -0.3 is 0 Å². The summed E-state index contributed by atoms with van der Waals surface area (Å²) in [5, 5.41) is 66.1. The van der Waals surface area contributed by atoms with Crippen molar-refractivity contribution in [1.82, 2.24) is 120 Å². The van der Waals surface area contributed by atoms with E-state index in [1.165, 1.54) is 316 Å². The molecule has 0 saturated carbocycles. The van der Waals surface area contributed by atoms with Gasteiger partial charge in [-0.25, -0.2) is 32.8 Å². The van der Waals surface area contributed by atoms with Crippen molar-refractivity contribution in [3.05, 3.63) is 95.1 Å². The highest BCUT2D eigenvalue weighted by Gasteiger charge is 2.15. The van der Waals surface area contributed by atoms with Gasteiger partial charge in [0.25, 0.3) is 0 Å². The van der Waals surface area contributed by atoms with Crippen LogP contribution < -0.4 is 0 Å². The molecule has 850 valence electrons. The SMILES string of the molecule is CC(C)CCCCCCCc1cnnn1CCC(C)C.CC(C)CCCCCCCc1cnnn1CCC(C)C.CC(C)CCCCCCc1cnnn1CCCC(C)C.CC(C)CCCCCc1cnnn1CC(C)C.CC(C)CCCCCn1cc(CCCC(C)C)nn1.CC(C)CCCCn1nncc1CCC(C)C.CC(C)CCCc1cnnn1CCCC(C)C.CC(C)CCCc1cnnn1CCCC(C)C. The van der Waals surface area contributed by atoms with Gasteiger partial charge in [-0.05, 0) is 262 Å². The van der Waals surface area contributed by atoms with E-state index in [4.69, 9.17) is 0 Å².